The zero-order valence-electron chi connectivity index (χ0n) is 17.5. The molecule has 0 aliphatic heterocycles. The summed E-state index contributed by atoms with van der Waals surface area (Å²) >= 11 is 0. The Kier molecular flexibility index (Phi) is 8.08. The first-order valence-corrected chi connectivity index (χ1v) is 11.6. The summed E-state index contributed by atoms with van der Waals surface area (Å²) in [6.45, 7) is 4.16. The lowest BCUT2D eigenvalue weighted by Crippen LogP contribution is -2.49. The standard InChI is InChI=1S/C22H30N2O4S/c1-5-20(24(29(4,26)27)19-13-8-10-17(2)16-19)22(25)23-15-9-12-18-11-6-7-14-21(18)28-3/h6-8,10-11,13-14,16,20H,5,9,12,15H2,1-4H3,(H,23,25). The van der Waals surface area contributed by atoms with E-state index in [9.17, 15) is 13.2 Å². The van der Waals surface area contributed by atoms with Gasteiger partial charge in [0, 0.05) is 6.54 Å². The Morgan fingerprint density at radius 2 is 1.90 bits per heavy atom. The highest BCUT2D eigenvalue weighted by Gasteiger charge is 2.31. The molecule has 0 fully saturated rings. The number of carbonyl (C=O) groups is 1. The number of nitrogens with one attached hydrogen (secondary N) is 1. The fourth-order valence-electron chi connectivity index (χ4n) is 3.34. The molecule has 1 N–H and O–H groups in total. The largest absolute Gasteiger partial charge is 0.496 e. The fraction of sp³-hybridized carbons (Fsp3) is 0.409. The van der Waals surface area contributed by atoms with E-state index >= 15 is 0 Å². The number of para-hydroxylation sites is 1. The zero-order valence-corrected chi connectivity index (χ0v) is 18.3. The van der Waals surface area contributed by atoms with Gasteiger partial charge in [0.05, 0.1) is 19.1 Å². The van der Waals surface area contributed by atoms with Crippen molar-refractivity contribution in [3.63, 3.8) is 0 Å². The minimum atomic E-state index is -3.62. The molecular formula is C22H30N2O4S. The van der Waals surface area contributed by atoms with Crippen LogP contribution in [0.25, 0.3) is 0 Å². The summed E-state index contributed by atoms with van der Waals surface area (Å²) in [7, 11) is -1.98. The van der Waals surface area contributed by atoms with Gasteiger partial charge in [0.1, 0.15) is 11.8 Å². The number of benzene rings is 2. The van der Waals surface area contributed by atoms with Crippen LogP contribution in [0.2, 0.25) is 0 Å². The van der Waals surface area contributed by atoms with Gasteiger partial charge in [-0.3, -0.25) is 9.10 Å². The van der Waals surface area contributed by atoms with Crippen molar-refractivity contribution in [2.75, 3.05) is 24.2 Å². The van der Waals surface area contributed by atoms with Crippen molar-refractivity contribution in [1.82, 2.24) is 5.32 Å². The van der Waals surface area contributed by atoms with Crippen LogP contribution in [0.5, 0.6) is 5.75 Å². The average molecular weight is 419 g/mol. The second kappa shape index (κ2) is 10.3. The summed E-state index contributed by atoms with van der Waals surface area (Å²) in [6.07, 6.45) is 2.99. The van der Waals surface area contributed by atoms with E-state index in [0.717, 1.165) is 36.0 Å². The number of nitrogens with zero attached hydrogens (tertiary/aromatic N) is 1. The van der Waals surface area contributed by atoms with E-state index in [0.29, 0.717) is 18.7 Å². The SMILES string of the molecule is CCC(C(=O)NCCCc1ccccc1OC)N(c1cccc(C)c1)S(C)(=O)=O. The molecule has 2 aromatic rings. The molecule has 0 bridgehead atoms. The summed E-state index contributed by atoms with van der Waals surface area (Å²) in [5.74, 6) is 0.535. The number of aryl methyl sites for hydroxylation is 2. The topological polar surface area (TPSA) is 75.7 Å². The van der Waals surface area contributed by atoms with Gasteiger partial charge in [0.15, 0.2) is 0 Å². The Labute approximate surface area is 173 Å². The van der Waals surface area contributed by atoms with Gasteiger partial charge in [-0.2, -0.15) is 0 Å². The van der Waals surface area contributed by atoms with Crippen LogP contribution in [0, 0.1) is 6.92 Å². The third kappa shape index (κ3) is 6.22. The molecule has 0 aliphatic rings. The second-order valence-electron chi connectivity index (χ2n) is 7.03. The highest BCUT2D eigenvalue weighted by Crippen LogP contribution is 2.23. The van der Waals surface area contributed by atoms with Gasteiger partial charge >= 0.3 is 0 Å². The van der Waals surface area contributed by atoms with Gasteiger partial charge in [-0.1, -0.05) is 37.3 Å². The van der Waals surface area contributed by atoms with Crippen molar-refractivity contribution in [2.45, 2.75) is 39.2 Å². The Balaban J connectivity index is 2.06. The first kappa shape index (κ1) is 22.7. The van der Waals surface area contributed by atoms with E-state index < -0.39 is 16.1 Å². The van der Waals surface area contributed by atoms with E-state index in [4.69, 9.17) is 4.74 Å². The van der Waals surface area contributed by atoms with Crippen molar-refractivity contribution in [3.8, 4) is 5.75 Å². The minimum absolute atomic E-state index is 0.292. The van der Waals surface area contributed by atoms with Gasteiger partial charge in [0.2, 0.25) is 15.9 Å². The molecule has 7 heteroatoms. The van der Waals surface area contributed by atoms with Crippen LogP contribution in [0.1, 0.15) is 30.9 Å². The quantitative estimate of drug-likeness (QED) is 0.601. The summed E-state index contributed by atoms with van der Waals surface area (Å²) in [4.78, 5) is 12.8. The molecule has 2 aromatic carbocycles. The average Bonchev–Trinajstić information content (AvgIpc) is 2.68. The smallest absolute Gasteiger partial charge is 0.243 e. The molecule has 1 atom stereocenters. The van der Waals surface area contributed by atoms with E-state index in [1.54, 1.807) is 25.3 Å². The Morgan fingerprint density at radius 3 is 2.52 bits per heavy atom. The molecule has 2 rings (SSSR count). The lowest BCUT2D eigenvalue weighted by atomic mass is 10.1. The Morgan fingerprint density at radius 1 is 1.17 bits per heavy atom. The number of hydrogen-bond donors (Lipinski definition) is 1. The lowest BCUT2D eigenvalue weighted by Gasteiger charge is -2.30. The molecular weight excluding hydrogens is 388 g/mol. The maximum Gasteiger partial charge on any atom is 0.243 e. The fourth-order valence-corrected chi connectivity index (χ4v) is 4.55. The molecule has 0 saturated carbocycles. The van der Waals surface area contributed by atoms with Crippen LogP contribution in [-0.4, -0.2) is 40.3 Å². The Bertz CT molecular complexity index is 928. The Hall–Kier alpha value is -2.54. The lowest BCUT2D eigenvalue weighted by molar-refractivity contribution is -0.122. The van der Waals surface area contributed by atoms with Gasteiger partial charge in [-0.25, -0.2) is 8.42 Å². The number of ether oxygens (including phenoxy) is 1. The summed E-state index contributed by atoms with van der Waals surface area (Å²) in [5.41, 5.74) is 2.51. The van der Waals surface area contributed by atoms with Crippen LogP contribution in [-0.2, 0) is 21.2 Å². The van der Waals surface area contributed by atoms with Gasteiger partial charge in [-0.15, -0.1) is 0 Å². The number of rotatable bonds is 10. The highest BCUT2D eigenvalue weighted by atomic mass is 32.2. The van der Waals surface area contributed by atoms with Crippen LogP contribution < -0.4 is 14.4 Å². The van der Waals surface area contributed by atoms with E-state index in [1.165, 1.54) is 4.31 Å². The van der Waals surface area contributed by atoms with Crippen molar-refractivity contribution in [2.24, 2.45) is 0 Å². The summed E-state index contributed by atoms with van der Waals surface area (Å²) in [5, 5.41) is 2.89. The number of anilines is 1. The number of hydrogen-bond acceptors (Lipinski definition) is 4. The first-order valence-electron chi connectivity index (χ1n) is 9.73. The van der Waals surface area contributed by atoms with Crippen LogP contribution >= 0.6 is 0 Å². The molecule has 6 nitrogen and oxygen atoms in total. The first-order chi connectivity index (χ1) is 13.8. The van der Waals surface area contributed by atoms with Crippen LogP contribution in [0.4, 0.5) is 5.69 Å². The second-order valence-corrected chi connectivity index (χ2v) is 8.89. The number of sulfonamides is 1. The maximum atomic E-state index is 12.8. The van der Waals surface area contributed by atoms with E-state index in [2.05, 4.69) is 5.32 Å². The molecule has 1 amide bonds. The van der Waals surface area contributed by atoms with Crippen molar-refractivity contribution in [3.05, 3.63) is 59.7 Å². The van der Waals surface area contributed by atoms with Crippen molar-refractivity contribution in [1.29, 1.82) is 0 Å². The minimum Gasteiger partial charge on any atom is -0.496 e. The molecule has 0 radical (unpaired) electrons. The monoisotopic (exact) mass is 418 g/mol. The van der Waals surface area contributed by atoms with E-state index in [1.807, 2.05) is 44.2 Å². The molecule has 0 aromatic heterocycles. The predicted molar refractivity (Wildman–Crippen MR) is 117 cm³/mol. The molecule has 1 unspecified atom stereocenters. The zero-order chi connectivity index (χ0) is 21.4. The molecule has 0 heterocycles. The number of methoxy groups -OCH3 is 1. The highest BCUT2D eigenvalue weighted by molar-refractivity contribution is 7.92. The molecule has 0 saturated heterocycles. The molecule has 29 heavy (non-hydrogen) atoms. The molecule has 0 spiro atoms. The van der Waals surface area contributed by atoms with Crippen molar-refractivity contribution >= 4 is 21.6 Å². The molecule has 0 aliphatic carbocycles. The van der Waals surface area contributed by atoms with E-state index in [-0.39, 0.29) is 5.91 Å². The predicted octanol–water partition coefficient (Wildman–Crippen LogP) is 3.30. The summed E-state index contributed by atoms with van der Waals surface area (Å²) in [6, 6.07) is 14.2. The summed E-state index contributed by atoms with van der Waals surface area (Å²) < 4.78 is 31.5. The normalized spacial score (nSPS) is 12.3. The maximum absolute atomic E-state index is 12.8. The number of carbonyl (C=O) groups excluding carboxylic acids is 1. The van der Waals surface area contributed by atoms with Gasteiger partial charge in [0.25, 0.3) is 0 Å². The van der Waals surface area contributed by atoms with Gasteiger partial charge in [-0.05, 0) is 55.5 Å². The van der Waals surface area contributed by atoms with Gasteiger partial charge < -0.3 is 10.1 Å². The third-order valence-electron chi connectivity index (χ3n) is 4.70. The number of amides is 1. The molecule has 158 valence electrons. The van der Waals surface area contributed by atoms with Crippen LogP contribution in [0.3, 0.4) is 0 Å². The van der Waals surface area contributed by atoms with Crippen LogP contribution in [0.15, 0.2) is 48.5 Å². The van der Waals surface area contributed by atoms with Crippen molar-refractivity contribution < 1.29 is 17.9 Å². The third-order valence-corrected chi connectivity index (χ3v) is 5.88.